The maximum atomic E-state index is 13.1. The third kappa shape index (κ3) is 10.3. The van der Waals surface area contributed by atoms with Gasteiger partial charge >= 0.3 is 11.9 Å². The lowest BCUT2D eigenvalue weighted by Gasteiger charge is -2.16. The van der Waals surface area contributed by atoms with Crippen molar-refractivity contribution in [3.05, 3.63) is 177 Å². The first-order valence-electron chi connectivity index (χ1n) is 16.3. The third-order valence-corrected chi connectivity index (χ3v) is 9.04. The van der Waals surface area contributed by atoms with Gasteiger partial charge < -0.3 is 28.1 Å². The molecule has 0 spiro atoms. The highest BCUT2D eigenvalue weighted by molar-refractivity contribution is 6.35. The van der Waals surface area contributed by atoms with E-state index >= 15 is 0 Å². The molecule has 2 heterocycles. The summed E-state index contributed by atoms with van der Waals surface area (Å²) in [5.74, 6) is -1.52. The number of para-hydroxylation sites is 2. The second-order valence-corrected chi connectivity index (χ2v) is 13.3. The maximum Gasteiger partial charge on any atom is 0.422 e. The second kappa shape index (κ2) is 18.5. The van der Waals surface area contributed by atoms with Crippen molar-refractivity contribution in [3.63, 3.8) is 0 Å². The summed E-state index contributed by atoms with van der Waals surface area (Å²) in [5, 5.41) is 1.94. The van der Waals surface area contributed by atoms with E-state index in [1.807, 2.05) is 24.3 Å². The molecule has 0 saturated heterocycles. The highest BCUT2D eigenvalue weighted by Crippen LogP contribution is 2.31. The van der Waals surface area contributed by atoms with Crippen molar-refractivity contribution in [2.45, 2.75) is 26.3 Å². The minimum Gasteiger partial charge on any atom is -0.488 e. The van der Waals surface area contributed by atoms with Crippen LogP contribution in [0.3, 0.4) is 0 Å². The number of esters is 2. The molecular weight excluding hydrogens is 774 g/mol. The van der Waals surface area contributed by atoms with Gasteiger partial charge in [-0.25, -0.2) is 19.6 Å². The van der Waals surface area contributed by atoms with Crippen molar-refractivity contribution in [1.29, 1.82) is 0 Å². The zero-order valence-corrected chi connectivity index (χ0v) is 31.3. The number of nitrogens with zero attached hydrogens (tertiary/aromatic N) is 4. The number of aromatic nitrogens is 4. The molecule has 10 nitrogen and oxygen atoms in total. The lowest BCUT2D eigenvalue weighted by Crippen LogP contribution is -2.17. The van der Waals surface area contributed by atoms with E-state index in [1.54, 1.807) is 107 Å². The van der Waals surface area contributed by atoms with Gasteiger partial charge in [-0.1, -0.05) is 94.9 Å². The number of carbonyl (C=O) groups excluding carboxylic acids is 2. The molecule has 0 amide bonds. The zero-order valence-electron chi connectivity index (χ0n) is 28.3. The van der Waals surface area contributed by atoms with Crippen LogP contribution in [0.1, 0.15) is 22.3 Å². The van der Waals surface area contributed by atoms with Crippen LogP contribution in [0, 0.1) is 0 Å². The van der Waals surface area contributed by atoms with Gasteiger partial charge in [-0.2, -0.15) is 0 Å². The van der Waals surface area contributed by atoms with Crippen LogP contribution in [-0.4, -0.2) is 31.0 Å². The Labute approximate surface area is 330 Å². The summed E-state index contributed by atoms with van der Waals surface area (Å²) in [6.45, 7) is 0.761. The fourth-order valence-electron chi connectivity index (χ4n) is 5.18. The Morgan fingerprint density at radius 3 is 1.41 bits per heavy atom. The molecule has 4 aromatic carbocycles. The zero-order chi connectivity index (χ0) is 37.9. The molecule has 0 unspecified atom stereocenters. The summed E-state index contributed by atoms with van der Waals surface area (Å²) >= 11 is 24.8. The molecule has 6 aromatic rings. The summed E-state index contributed by atoms with van der Waals surface area (Å²) in [4.78, 5) is 34.4. The molecule has 0 aliphatic rings. The Hall–Kier alpha value is -5.52. The summed E-state index contributed by atoms with van der Waals surface area (Å²) in [6, 6.07) is 24.7. The van der Waals surface area contributed by atoms with E-state index in [-0.39, 0.29) is 26.3 Å². The van der Waals surface area contributed by atoms with Crippen LogP contribution in [0.4, 0.5) is 0 Å². The minimum absolute atomic E-state index is 0.147. The summed E-state index contributed by atoms with van der Waals surface area (Å²) in [6.07, 6.45) is 12.4. The molecule has 0 saturated carbocycles. The fraction of sp³-hybridized carbons (Fsp3) is 0.100. The van der Waals surface area contributed by atoms with E-state index in [4.69, 9.17) is 65.4 Å². The number of imidazole rings is 2. The van der Waals surface area contributed by atoms with E-state index in [0.29, 0.717) is 53.9 Å². The molecular formula is C40H30Cl4N4O6. The van der Waals surface area contributed by atoms with Crippen molar-refractivity contribution < 1.29 is 28.5 Å². The summed E-state index contributed by atoms with van der Waals surface area (Å²) in [5.41, 5.74) is 3.69. The molecule has 54 heavy (non-hydrogen) atoms. The number of rotatable bonds is 14. The van der Waals surface area contributed by atoms with Gasteiger partial charge in [0.1, 0.15) is 37.2 Å². The smallest absolute Gasteiger partial charge is 0.422 e. The highest BCUT2D eigenvalue weighted by Gasteiger charge is 2.20. The molecule has 0 N–H and O–H groups in total. The molecule has 2 aromatic heterocycles. The first-order valence-corrected chi connectivity index (χ1v) is 17.8. The minimum atomic E-state index is -1.25. The molecule has 0 aliphatic heterocycles. The Morgan fingerprint density at radius 2 is 1.02 bits per heavy atom. The summed E-state index contributed by atoms with van der Waals surface area (Å²) in [7, 11) is 0. The third-order valence-electron chi connectivity index (χ3n) is 7.87. The van der Waals surface area contributed by atoms with E-state index in [1.165, 1.54) is 12.5 Å². The largest absolute Gasteiger partial charge is 0.488 e. The van der Waals surface area contributed by atoms with Gasteiger partial charge in [0.2, 0.25) is 0 Å². The monoisotopic (exact) mass is 802 g/mol. The van der Waals surface area contributed by atoms with Crippen LogP contribution in [0.25, 0.3) is 11.1 Å². The number of carbonyl (C=O) groups is 2. The van der Waals surface area contributed by atoms with Crippen molar-refractivity contribution in [2.24, 2.45) is 0 Å². The molecule has 274 valence electrons. The normalized spacial score (nSPS) is 11.6. The van der Waals surface area contributed by atoms with Gasteiger partial charge in [0.25, 0.3) is 0 Å². The topological polar surface area (TPSA) is 107 Å². The van der Waals surface area contributed by atoms with Gasteiger partial charge in [-0.3, -0.25) is 0 Å². The van der Waals surface area contributed by atoms with Crippen LogP contribution in [-0.2, 0) is 45.4 Å². The van der Waals surface area contributed by atoms with E-state index in [2.05, 4.69) is 9.97 Å². The van der Waals surface area contributed by atoms with Crippen LogP contribution < -0.4 is 9.47 Å². The Balaban J connectivity index is 1.21. The molecule has 0 bridgehead atoms. The molecule has 14 heteroatoms. The van der Waals surface area contributed by atoms with Gasteiger partial charge in [-0.15, -0.1) is 0 Å². The second-order valence-electron chi connectivity index (χ2n) is 11.6. The molecule has 0 fully saturated rings. The molecule has 0 radical (unpaired) electrons. The van der Waals surface area contributed by atoms with E-state index < -0.39 is 11.9 Å². The molecule has 6 rings (SSSR count). The van der Waals surface area contributed by atoms with Crippen LogP contribution >= 0.6 is 46.4 Å². The van der Waals surface area contributed by atoms with Crippen molar-refractivity contribution in [3.8, 4) is 11.5 Å². The lowest BCUT2D eigenvalue weighted by atomic mass is 10.1. The number of ether oxygens (including phenoxy) is 4. The van der Waals surface area contributed by atoms with Gasteiger partial charge in [0.05, 0.1) is 25.7 Å². The van der Waals surface area contributed by atoms with Crippen molar-refractivity contribution >= 4 is 69.5 Å². The van der Waals surface area contributed by atoms with Crippen molar-refractivity contribution in [2.75, 3.05) is 0 Å². The van der Waals surface area contributed by atoms with Crippen LogP contribution in [0.2, 0.25) is 20.1 Å². The number of allylic oxidation sites excluding steroid dienone is 2. The average Bonchev–Trinajstić information content (AvgIpc) is 3.89. The van der Waals surface area contributed by atoms with Crippen molar-refractivity contribution in [1.82, 2.24) is 19.1 Å². The lowest BCUT2D eigenvalue weighted by molar-refractivity contribution is -0.160. The standard InChI is InChI=1S/C40H30Cl4N4O6/c41-31-11-9-27(35(43)17-31)21-51-37-7-3-1-5-33(37)29(19-47-15-13-45-25-47)23-53-39(49)40(50)54-24-30(20-48-16-14-46-26-48)34-6-2-4-8-38(34)52-22-28-10-12-32(42)18-36(28)44/h1-18,23-26H,19-22H2. The van der Waals surface area contributed by atoms with E-state index in [0.717, 1.165) is 11.1 Å². The summed E-state index contributed by atoms with van der Waals surface area (Å²) < 4.78 is 26.7. The number of hydrogen-bond acceptors (Lipinski definition) is 8. The number of benzene rings is 4. The predicted octanol–water partition coefficient (Wildman–Crippen LogP) is 9.72. The van der Waals surface area contributed by atoms with Gasteiger partial charge in [-0.05, 0) is 36.4 Å². The quantitative estimate of drug-likeness (QED) is 0.0609. The SMILES string of the molecule is O=C(OC=C(Cn1ccnc1)c1ccccc1OCc1ccc(Cl)cc1Cl)C(=O)OC=C(Cn1ccnc1)c1ccccc1OCc1ccc(Cl)cc1Cl. The van der Waals surface area contributed by atoms with Crippen LogP contribution in [0.5, 0.6) is 11.5 Å². The van der Waals surface area contributed by atoms with Gasteiger partial charge in [0, 0.05) is 78.3 Å². The average molecular weight is 805 g/mol. The molecule has 0 atom stereocenters. The first kappa shape index (κ1) is 38.2. The Kier molecular flexibility index (Phi) is 13.1. The molecule has 0 aliphatic carbocycles. The van der Waals surface area contributed by atoms with Gasteiger partial charge in [0.15, 0.2) is 0 Å². The predicted molar refractivity (Wildman–Crippen MR) is 207 cm³/mol. The fourth-order valence-corrected chi connectivity index (χ4v) is 6.10. The number of halogens is 4. The highest BCUT2D eigenvalue weighted by atomic mass is 35.5. The Bertz CT molecular complexity index is 2130. The number of hydrogen-bond donors (Lipinski definition) is 0. The first-order chi connectivity index (χ1) is 26.2. The maximum absolute atomic E-state index is 13.1. The van der Waals surface area contributed by atoms with E-state index in [9.17, 15) is 9.59 Å². The van der Waals surface area contributed by atoms with Crippen LogP contribution in [0.15, 0.2) is 135 Å². The Morgan fingerprint density at radius 1 is 0.593 bits per heavy atom.